The smallest absolute Gasteiger partial charge is 0.252 e. The van der Waals surface area contributed by atoms with Crippen LogP contribution in [-0.4, -0.2) is 68.2 Å². The highest BCUT2D eigenvalue weighted by atomic mass is 32.2. The lowest BCUT2D eigenvalue weighted by atomic mass is 9.95. The van der Waals surface area contributed by atoms with Gasteiger partial charge < -0.3 is 9.80 Å². The number of nitrogens with zero attached hydrogens (tertiary/aromatic N) is 3. The zero-order valence-corrected chi connectivity index (χ0v) is 19.2. The van der Waals surface area contributed by atoms with Gasteiger partial charge in [-0.15, -0.1) is 11.3 Å². The Balaban J connectivity index is 1.53. The van der Waals surface area contributed by atoms with Gasteiger partial charge in [0.25, 0.3) is 10.0 Å². The van der Waals surface area contributed by atoms with Gasteiger partial charge in [-0.05, 0) is 44.5 Å². The van der Waals surface area contributed by atoms with Crippen molar-refractivity contribution >= 4 is 27.3 Å². The Bertz CT molecular complexity index is 990. The Morgan fingerprint density at radius 3 is 2.50 bits per heavy atom. The molecular formula is C22H29N3O3S2. The highest BCUT2D eigenvalue weighted by Gasteiger charge is 2.38. The summed E-state index contributed by atoms with van der Waals surface area (Å²) in [4.78, 5) is 18.7. The number of amides is 1. The van der Waals surface area contributed by atoms with Gasteiger partial charge in [-0.1, -0.05) is 30.3 Å². The minimum absolute atomic E-state index is 0.00405. The molecule has 1 aromatic heterocycles. The lowest BCUT2D eigenvalue weighted by Crippen LogP contribution is -2.53. The molecule has 0 saturated carbocycles. The maximum absolute atomic E-state index is 13.5. The monoisotopic (exact) mass is 447 g/mol. The van der Waals surface area contributed by atoms with Crippen LogP contribution in [0.3, 0.4) is 0 Å². The number of rotatable bonds is 4. The molecule has 30 heavy (non-hydrogen) atoms. The van der Waals surface area contributed by atoms with Crippen molar-refractivity contribution in [3.8, 4) is 0 Å². The number of thiophene rings is 1. The Kier molecular flexibility index (Phi) is 6.29. The summed E-state index contributed by atoms with van der Waals surface area (Å²) in [5.74, 6) is -0.205. The van der Waals surface area contributed by atoms with Crippen LogP contribution in [0.15, 0.2) is 46.7 Å². The van der Waals surface area contributed by atoms with Gasteiger partial charge in [0.2, 0.25) is 5.91 Å². The van der Waals surface area contributed by atoms with Crippen molar-refractivity contribution in [1.29, 1.82) is 0 Å². The third-order valence-electron chi connectivity index (χ3n) is 6.09. The van der Waals surface area contributed by atoms with Gasteiger partial charge >= 0.3 is 0 Å². The first-order valence-corrected chi connectivity index (χ1v) is 12.7. The van der Waals surface area contributed by atoms with Crippen molar-refractivity contribution in [2.24, 2.45) is 5.92 Å². The topological polar surface area (TPSA) is 60.9 Å². The normalized spacial score (nSPS) is 24.1. The first-order chi connectivity index (χ1) is 14.4. The lowest BCUT2D eigenvalue weighted by Gasteiger charge is -2.43. The maximum atomic E-state index is 13.5. The van der Waals surface area contributed by atoms with Crippen LogP contribution in [0.5, 0.6) is 0 Å². The van der Waals surface area contributed by atoms with Crippen LogP contribution in [0, 0.1) is 12.8 Å². The Morgan fingerprint density at radius 2 is 1.80 bits per heavy atom. The van der Waals surface area contributed by atoms with Crippen molar-refractivity contribution in [2.75, 3.05) is 39.8 Å². The van der Waals surface area contributed by atoms with Gasteiger partial charge in [-0.3, -0.25) is 4.79 Å². The van der Waals surface area contributed by atoms with Crippen molar-refractivity contribution in [3.63, 3.8) is 0 Å². The molecule has 2 saturated heterocycles. The number of carbonyl (C=O) groups excluding carboxylic acids is 1. The maximum Gasteiger partial charge on any atom is 0.252 e. The van der Waals surface area contributed by atoms with Crippen molar-refractivity contribution in [3.05, 3.63) is 52.9 Å². The van der Waals surface area contributed by atoms with Crippen LogP contribution < -0.4 is 0 Å². The van der Waals surface area contributed by atoms with E-state index in [1.54, 1.807) is 6.07 Å². The van der Waals surface area contributed by atoms with Gasteiger partial charge in [0.05, 0.1) is 12.0 Å². The fraction of sp³-hybridized carbons (Fsp3) is 0.500. The first kappa shape index (κ1) is 21.5. The summed E-state index contributed by atoms with van der Waals surface area (Å²) >= 11 is 1.29. The molecule has 0 bridgehead atoms. The van der Waals surface area contributed by atoms with E-state index in [0.29, 0.717) is 23.7 Å². The van der Waals surface area contributed by atoms with E-state index < -0.39 is 10.0 Å². The molecule has 0 radical (unpaired) electrons. The van der Waals surface area contributed by atoms with E-state index >= 15 is 0 Å². The molecule has 162 valence electrons. The molecule has 2 aromatic rings. The molecule has 3 heterocycles. The minimum Gasteiger partial charge on any atom is -0.333 e. The highest BCUT2D eigenvalue weighted by molar-refractivity contribution is 7.91. The number of likely N-dealkylation sites (N-methyl/N-ethyl adjacent to an activating group) is 1. The molecule has 2 aliphatic heterocycles. The third-order valence-corrected chi connectivity index (χ3v) is 9.43. The molecule has 4 rings (SSSR count). The van der Waals surface area contributed by atoms with Crippen LogP contribution >= 0.6 is 11.3 Å². The zero-order chi connectivity index (χ0) is 21.3. The molecule has 2 atom stereocenters. The number of benzene rings is 1. The summed E-state index contributed by atoms with van der Waals surface area (Å²) in [6, 6.07) is 13.6. The average molecular weight is 448 g/mol. The second kappa shape index (κ2) is 8.78. The number of piperazine rings is 1. The molecule has 6 nitrogen and oxygen atoms in total. The zero-order valence-electron chi connectivity index (χ0n) is 17.5. The van der Waals surface area contributed by atoms with E-state index in [-0.39, 0.29) is 24.4 Å². The quantitative estimate of drug-likeness (QED) is 0.723. The van der Waals surface area contributed by atoms with Crippen LogP contribution in [0.2, 0.25) is 0 Å². The molecule has 1 aromatic carbocycles. The standard InChI is InChI=1S/C22H29N3O3S2/c1-17-10-11-21(29-17)30(27,28)24-12-6-9-19(15-24)22(26)25-14-13-23(2)16-20(25)18-7-4-3-5-8-18/h3-5,7-8,10-11,19-20H,6,9,12-16H2,1-2H3/t19-,20-/m1/s1. The number of aryl methyl sites for hydroxylation is 1. The molecule has 1 amide bonds. The first-order valence-electron chi connectivity index (χ1n) is 10.5. The molecule has 0 N–H and O–H groups in total. The van der Waals surface area contributed by atoms with E-state index in [1.807, 2.05) is 36.1 Å². The predicted octanol–water partition coefficient (Wildman–Crippen LogP) is 2.97. The van der Waals surface area contributed by atoms with E-state index in [1.165, 1.54) is 15.6 Å². The summed E-state index contributed by atoms with van der Waals surface area (Å²) in [5.41, 5.74) is 1.13. The molecular weight excluding hydrogens is 418 g/mol. The molecule has 0 spiro atoms. The molecule has 0 unspecified atom stereocenters. The molecule has 2 aliphatic rings. The van der Waals surface area contributed by atoms with Gasteiger partial charge in [-0.25, -0.2) is 8.42 Å². The summed E-state index contributed by atoms with van der Waals surface area (Å²) in [6.07, 6.45) is 1.45. The van der Waals surface area contributed by atoms with Crippen molar-refractivity contribution in [1.82, 2.24) is 14.1 Å². The van der Waals surface area contributed by atoms with E-state index in [9.17, 15) is 13.2 Å². The SMILES string of the molecule is Cc1ccc(S(=O)(=O)N2CCC[C@@H](C(=O)N3CCN(C)C[C@@H]3c3ccccc3)C2)s1. The summed E-state index contributed by atoms with van der Waals surface area (Å²) in [7, 11) is -1.46. The summed E-state index contributed by atoms with van der Waals surface area (Å²) in [6.45, 7) is 4.95. The highest BCUT2D eigenvalue weighted by Crippen LogP contribution is 2.32. The lowest BCUT2D eigenvalue weighted by molar-refractivity contribution is -0.141. The van der Waals surface area contributed by atoms with E-state index in [4.69, 9.17) is 0 Å². The van der Waals surface area contributed by atoms with Crippen LogP contribution in [0.1, 0.15) is 29.3 Å². The Labute approximate surface area is 183 Å². The second-order valence-electron chi connectivity index (χ2n) is 8.29. The summed E-state index contributed by atoms with van der Waals surface area (Å²) < 4.78 is 28.0. The van der Waals surface area contributed by atoms with Gasteiger partial charge in [0.15, 0.2) is 0 Å². The fourth-order valence-electron chi connectivity index (χ4n) is 4.42. The number of sulfonamides is 1. The number of hydrogen-bond donors (Lipinski definition) is 0. The largest absolute Gasteiger partial charge is 0.333 e. The summed E-state index contributed by atoms with van der Waals surface area (Å²) in [5, 5.41) is 0. The van der Waals surface area contributed by atoms with E-state index in [0.717, 1.165) is 30.0 Å². The van der Waals surface area contributed by atoms with E-state index in [2.05, 4.69) is 24.1 Å². The van der Waals surface area contributed by atoms with Crippen LogP contribution in [0.4, 0.5) is 0 Å². The number of hydrogen-bond acceptors (Lipinski definition) is 5. The molecule has 2 fully saturated rings. The van der Waals surface area contributed by atoms with Gasteiger partial charge in [0, 0.05) is 37.6 Å². The average Bonchev–Trinajstić information content (AvgIpc) is 3.21. The van der Waals surface area contributed by atoms with Crippen LogP contribution in [-0.2, 0) is 14.8 Å². The predicted molar refractivity (Wildman–Crippen MR) is 119 cm³/mol. The molecule has 0 aliphatic carbocycles. The number of carbonyl (C=O) groups is 1. The van der Waals surface area contributed by atoms with Crippen molar-refractivity contribution in [2.45, 2.75) is 30.0 Å². The van der Waals surface area contributed by atoms with Crippen molar-refractivity contribution < 1.29 is 13.2 Å². The number of piperidine rings is 1. The Hall–Kier alpha value is -1.74. The Morgan fingerprint density at radius 1 is 1.03 bits per heavy atom. The minimum atomic E-state index is -3.54. The van der Waals surface area contributed by atoms with Gasteiger partial charge in [0.1, 0.15) is 4.21 Å². The van der Waals surface area contributed by atoms with Gasteiger partial charge in [-0.2, -0.15) is 4.31 Å². The van der Waals surface area contributed by atoms with Crippen LogP contribution in [0.25, 0.3) is 0 Å². The fourth-order valence-corrected chi connectivity index (χ4v) is 7.38. The third kappa shape index (κ3) is 4.32. The second-order valence-corrected chi connectivity index (χ2v) is 11.7. The molecule has 8 heteroatoms.